The molecule has 0 aromatic carbocycles. The third-order valence-corrected chi connectivity index (χ3v) is 2.55. The van der Waals surface area contributed by atoms with Crippen LogP contribution in [-0.4, -0.2) is 15.0 Å². The molecule has 2 heterocycles. The predicted molar refractivity (Wildman–Crippen MR) is 66.6 cm³/mol. The van der Waals surface area contributed by atoms with Crippen LogP contribution in [0.25, 0.3) is 11.3 Å². The Balaban J connectivity index is 2.52. The van der Waals surface area contributed by atoms with Crippen molar-refractivity contribution in [1.29, 1.82) is 0 Å². The number of hydrogen-bond acceptors (Lipinski definition) is 3. The van der Waals surface area contributed by atoms with E-state index in [2.05, 4.69) is 21.9 Å². The summed E-state index contributed by atoms with van der Waals surface area (Å²) >= 11 is 5.08. The van der Waals surface area contributed by atoms with Gasteiger partial charge in [0.1, 0.15) is 10.5 Å². The van der Waals surface area contributed by atoms with Crippen LogP contribution in [0.15, 0.2) is 24.5 Å². The maximum atomic E-state index is 13.6. The minimum Gasteiger partial charge on any atom is -0.343 e. The third-order valence-electron chi connectivity index (χ3n) is 2.34. The fourth-order valence-electron chi connectivity index (χ4n) is 1.60. The van der Waals surface area contributed by atoms with Crippen LogP contribution in [0.5, 0.6) is 0 Å². The molecular weight excluding hydrogens is 237 g/mol. The maximum Gasteiger partial charge on any atom is 0.150 e. The molecule has 0 fully saturated rings. The summed E-state index contributed by atoms with van der Waals surface area (Å²) < 4.78 is 14.1. The first-order chi connectivity index (χ1) is 8.20. The molecule has 0 bridgehead atoms. The molecule has 2 aromatic rings. The van der Waals surface area contributed by atoms with Crippen molar-refractivity contribution >= 4 is 12.2 Å². The number of nitrogens with one attached hydrogen (secondary N) is 1. The average Bonchev–Trinajstić information content (AvgIpc) is 2.29. The van der Waals surface area contributed by atoms with Crippen LogP contribution in [0.3, 0.4) is 0 Å². The molecule has 0 saturated heterocycles. The van der Waals surface area contributed by atoms with Gasteiger partial charge in [0, 0.05) is 18.2 Å². The molecule has 5 heteroatoms. The Labute approximate surface area is 104 Å². The minimum atomic E-state index is -0.369. The zero-order valence-electron chi connectivity index (χ0n) is 9.40. The van der Waals surface area contributed by atoms with Crippen molar-refractivity contribution in [2.24, 2.45) is 0 Å². The Kier molecular flexibility index (Phi) is 3.58. The van der Waals surface area contributed by atoms with E-state index in [0.717, 1.165) is 18.7 Å². The molecule has 0 spiro atoms. The van der Waals surface area contributed by atoms with Gasteiger partial charge >= 0.3 is 0 Å². The van der Waals surface area contributed by atoms with Gasteiger partial charge in [-0.15, -0.1) is 0 Å². The van der Waals surface area contributed by atoms with Crippen molar-refractivity contribution in [3.63, 3.8) is 0 Å². The van der Waals surface area contributed by atoms with Gasteiger partial charge in [0.2, 0.25) is 0 Å². The van der Waals surface area contributed by atoms with Gasteiger partial charge in [-0.2, -0.15) is 0 Å². The monoisotopic (exact) mass is 249 g/mol. The maximum absolute atomic E-state index is 13.6. The van der Waals surface area contributed by atoms with Crippen LogP contribution in [-0.2, 0) is 6.42 Å². The average molecular weight is 249 g/mol. The van der Waals surface area contributed by atoms with Gasteiger partial charge in [0.25, 0.3) is 0 Å². The molecule has 88 valence electrons. The number of aryl methyl sites for hydroxylation is 1. The fraction of sp³-hybridized carbons (Fsp3) is 0.250. The van der Waals surface area contributed by atoms with E-state index in [1.165, 1.54) is 6.20 Å². The highest BCUT2D eigenvalue weighted by Gasteiger charge is 2.06. The SMILES string of the molecule is CCCc1nc(=S)cc(-c2ccncc2F)[nH]1. The summed E-state index contributed by atoms with van der Waals surface area (Å²) in [6.45, 7) is 2.05. The smallest absolute Gasteiger partial charge is 0.150 e. The number of hydrogen-bond donors (Lipinski definition) is 1. The molecule has 0 aliphatic rings. The first kappa shape index (κ1) is 11.9. The van der Waals surface area contributed by atoms with Gasteiger partial charge in [-0.05, 0) is 18.6 Å². The van der Waals surface area contributed by atoms with Crippen LogP contribution in [0.1, 0.15) is 19.2 Å². The Bertz CT molecular complexity index is 580. The highest BCUT2D eigenvalue weighted by molar-refractivity contribution is 7.71. The van der Waals surface area contributed by atoms with Crippen LogP contribution in [0.2, 0.25) is 0 Å². The van der Waals surface area contributed by atoms with E-state index in [1.807, 2.05) is 0 Å². The molecule has 17 heavy (non-hydrogen) atoms. The van der Waals surface area contributed by atoms with E-state index in [4.69, 9.17) is 12.2 Å². The van der Waals surface area contributed by atoms with Crippen LogP contribution in [0, 0.1) is 10.5 Å². The Morgan fingerprint density at radius 1 is 1.47 bits per heavy atom. The first-order valence-corrected chi connectivity index (χ1v) is 5.81. The van der Waals surface area contributed by atoms with Crippen molar-refractivity contribution in [3.8, 4) is 11.3 Å². The van der Waals surface area contributed by atoms with Crippen molar-refractivity contribution in [3.05, 3.63) is 40.8 Å². The Morgan fingerprint density at radius 3 is 3.00 bits per heavy atom. The number of H-pyrrole nitrogens is 1. The molecule has 0 amide bonds. The molecule has 2 aromatic heterocycles. The van der Waals surface area contributed by atoms with Crippen molar-refractivity contribution < 1.29 is 4.39 Å². The highest BCUT2D eigenvalue weighted by atomic mass is 32.1. The van der Waals surface area contributed by atoms with Crippen molar-refractivity contribution in [2.45, 2.75) is 19.8 Å². The highest BCUT2D eigenvalue weighted by Crippen LogP contribution is 2.19. The normalized spacial score (nSPS) is 10.5. The minimum absolute atomic E-state index is 0.369. The van der Waals surface area contributed by atoms with Crippen molar-refractivity contribution in [2.75, 3.05) is 0 Å². The van der Waals surface area contributed by atoms with Gasteiger partial charge < -0.3 is 4.98 Å². The fourth-order valence-corrected chi connectivity index (χ4v) is 1.83. The number of rotatable bonds is 3. The molecule has 0 saturated carbocycles. The number of aromatic amines is 1. The topological polar surface area (TPSA) is 41.6 Å². The van der Waals surface area contributed by atoms with Crippen molar-refractivity contribution in [1.82, 2.24) is 15.0 Å². The molecule has 2 rings (SSSR count). The summed E-state index contributed by atoms with van der Waals surface area (Å²) in [5.74, 6) is 0.415. The van der Waals surface area contributed by atoms with E-state index in [9.17, 15) is 4.39 Å². The van der Waals surface area contributed by atoms with Gasteiger partial charge in [0.15, 0.2) is 5.82 Å². The number of pyridine rings is 1. The lowest BCUT2D eigenvalue weighted by atomic mass is 10.2. The summed E-state index contributed by atoms with van der Waals surface area (Å²) in [6, 6.07) is 3.28. The molecule has 3 nitrogen and oxygen atoms in total. The second-order valence-corrected chi connectivity index (χ2v) is 4.10. The summed E-state index contributed by atoms with van der Waals surface area (Å²) in [6.07, 6.45) is 4.49. The Morgan fingerprint density at radius 2 is 2.29 bits per heavy atom. The first-order valence-electron chi connectivity index (χ1n) is 5.41. The summed E-state index contributed by atoms with van der Waals surface area (Å²) in [5, 5.41) is 0. The van der Waals surface area contributed by atoms with Gasteiger partial charge in [-0.1, -0.05) is 19.1 Å². The zero-order chi connectivity index (χ0) is 12.3. The number of halogens is 1. The Hall–Kier alpha value is -1.62. The summed E-state index contributed by atoms with van der Waals surface area (Å²) in [7, 11) is 0. The van der Waals surface area contributed by atoms with E-state index in [1.54, 1.807) is 18.3 Å². The molecule has 0 aliphatic heterocycles. The number of nitrogens with zero attached hydrogens (tertiary/aromatic N) is 2. The second-order valence-electron chi connectivity index (χ2n) is 3.69. The largest absolute Gasteiger partial charge is 0.343 e. The standard InChI is InChI=1S/C12H12FN3S/c1-2-3-11-15-10(6-12(17)16-11)8-4-5-14-7-9(8)13/h4-7H,2-3H2,1H3,(H,15,16,17). The lowest BCUT2D eigenvalue weighted by Crippen LogP contribution is -1.98. The number of aromatic nitrogens is 3. The van der Waals surface area contributed by atoms with E-state index < -0.39 is 0 Å². The third kappa shape index (κ3) is 2.74. The van der Waals surface area contributed by atoms with Gasteiger partial charge in [-0.3, -0.25) is 4.98 Å². The summed E-state index contributed by atoms with van der Waals surface area (Å²) in [5.41, 5.74) is 1.11. The van der Waals surface area contributed by atoms with Crippen LogP contribution in [0.4, 0.5) is 4.39 Å². The van der Waals surface area contributed by atoms with E-state index in [-0.39, 0.29) is 5.82 Å². The van der Waals surface area contributed by atoms with Gasteiger partial charge in [-0.25, -0.2) is 9.37 Å². The quantitative estimate of drug-likeness (QED) is 0.849. The van der Waals surface area contributed by atoms with Crippen LogP contribution >= 0.6 is 12.2 Å². The second kappa shape index (κ2) is 5.14. The van der Waals surface area contributed by atoms with Crippen LogP contribution < -0.4 is 0 Å². The molecule has 0 unspecified atom stereocenters. The van der Waals surface area contributed by atoms with E-state index >= 15 is 0 Å². The molecular formula is C12H12FN3S. The molecule has 0 aliphatic carbocycles. The molecule has 1 N–H and O–H groups in total. The summed E-state index contributed by atoms with van der Waals surface area (Å²) in [4.78, 5) is 11.0. The lowest BCUT2D eigenvalue weighted by molar-refractivity contribution is 0.624. The van der Waals surface area contributed by atoms with E-state index in [0.29, 0.717) is 15.9 Å². The molecule has 0 radical (unpaired) electrons. The lowest BCUT2D eigenvalue weighted by Gasteiger charge is -2.05. The predicted octanol–water partition coefficient (Wildman–Crippen LogP) is 3.29. The molecule has 0 atom stereocenters. The van der Waals surface area contributed by atoms with Gasteiger partial charge in [0.05, 0.1) is 11.9 Å². The zero-order valence-corrected chi connectivity index (χ0v) is 10.2.